The quantitative estimate of drug-likeness (QED) is 0.452. The van der Waals surface area contributed by atoms with E-state index in [0.29, 0.717) is 18.7 Å². The molecule has 2 aliphatic heterocycles. The van der Waals surface area contributed by atoms with Crippen molar-refractivity contribution in [1.82, 2.24) is 4.90 Å². The molecule has 0 spiro atoms. The average molecular weight is 285 g/mol. The molecule has 0 aliphatic carbocycles. The van der Waals surface area contributed by atoms with Crippen molar-refractivity contribution in [2.75, 3.05) is 6.61 Å². The molecule has 0 aromatic heterocycles. The van der Waals surface area contributed by atoms with Gasteiger partial charge in [-0.1, -0.05) is 19.6 Å². The number of amides is 1. The van der Waals surface area contributed by atoms with E-state index >= 15 is 0 Å². The Kier molecular flexibility index (Phi) is 3.60. The molecule has 100 valence electrons. The van der Waals surface area contributed by atoms with E-state index in [1.165, 1.54) is 0 Å². The SMILES string of the molecule is CC1=C(C(=O)OCC[Si](C)(C)C)N2C(=O)C[C@@H]2S1. The zero-order chi connectivity index (χ0) is 13.5. The predicted octanol–water partition coefficient (Wildman–Crippen LogP) is 2.40. The van der Waals surface area contributed by atoms with Crippen LogP contribution in [0, 0.1) is 0 Å². The summed E-state index contributed by atoms with van der Waals surface area (Å²) in [6, 6.07) is 0.954. The van der Waals surface area contributed by atoms with E-state index in [-0.39, 0.29) is 17.3 Å². The standard InChI is InChI=1S/C12H19NO3SSi/c1-8-11(13-9(14)7-10(13)17-8)12(15)16-5-6-18(2,3)4/h10H,5-7H2,1-4H3/t10-/m0/s1. The van der Waals surface area contributed by atoms with Crippen LogP contribution in [0.15, 0.2) is 10.6 Å². The van der Waals surface area contributed by atoms with Gasteiger partial charge in [0.05, 0.1) is 18.4 Å². The van der Waals surface area contributed by atoms with Crippen LogP contribution in [0.25, 0.3) is 0 Å². The van der Waals surface area contributed by atoms with E-state index in [1.54, 1.807) is 16.7 Å². The lowest BCUT2D eigenvalue weighted by molar-refractivity contribution is -0.148. The number of hydrogen-bond donors (Lipinski definition) is 0. The van der Waals surface area contributed by atoms with Crippen molar-refractivity contribution in [3.8, 4) is 0 Å². The maximum atomic E-state index is 12.0. The molecule has 1 fully saturated rings. The second-order valence-electron chi connectivity index (χ2n) is 5.89. The summed E-state index contributed by atoms with van der Waals surface area (Å²) >= 11 is 1.59. The normalized spacial score (nSPS) is 23.0. The van der Waals surface area contributed by atoms with Crippen LogP contribution in [0.1, 0.15) is 13.3 Å². The Morgan fingerprint density at radius 3 is 2.72 bits per heavy atom. The Hall–Kier alpha value is -0.753. The second-order valence-corrected chi connectivity index (χ2v) is 12.9. The number of nitrogens with zero attached hydrogens (tertiary/aromatic N) is 1. The number of esters is 1. The van der Waals surface area contributed by atoms with Gasteiger partial charge in [-0.15, -0.1) is 11.8 Å². The molecule has 2 rings (SSSR count). The molecule has 2 heterocycles. The molecule has 1 amide bonds. The summed E-state index contributed by atoms with van der Waals surface area (Å²) in [7, 11) is -1.19. The third kappa shape index (κ3) is 2.64. The Morgan fingerprint density at radius 1 is 1.50 bits per heavy atom. The van der Waals surface area contributed by atoms with Gasteiger partial charge in [0.2, 0.25) is 5.91 Å². The number of carbonyl (C=O) groups is 2. The first kappa shape index (κ1) is 13.7. The minimum absolute atomic E-state index is 0.0292. The Bertz CT molecular complexity index is 428. The third-order valence-corrected chi connectivity index (χ3v) is 5.97. The van der Waals surface area contributed by atoms with E-state index in [2.05, 4.69) is 19.6 Å². The molecular formula is C12H19NO3SSi. The topological polar surface area (TPSA) is 46.6 Å². The molecule has 0 bridgehead atoms. The van der Waals surface area contributed by atoms with Crippen molar-refractivity contribution in [1.29, 1.82) is 0 Å². The van der Waals surface area contributed by atoms with E-state index in [9.17, 15) is 9.59 Å². The van der Waals surface area contributed by atoms with Crippen LogP contribution < -0.4 is 0 Å². The van der Waals surface area contributed by atoms with Crippen molar-refractivity contribution in [2.24, 2.45) is 0 Å². The first-order valence-electron chi connectivity index (χ1n) is 6.16. The maximum Gasteiger partial charge on any atom is 0.355 e. The summed E-state index contributed by atoms with van der Waals surface area (Å²) in [6.07, 6.45) is 0.535. The van der Waals surface area contributed by atoms with E-state index in [0.717, 1.165) is 10.9 Å². The lowest BCUT2D eigenvalue weighted by atomic mass is 10.1. The number of carbonyl (C=O) groups excluding carboxylic acids is 2. The van der Waals surface area contributed by atoms with Crippen LogP contribution in [0.4, 0.5) is 0 Å². The number of allylic oxidation sites excluding steroid dienone is 1. The van der Waals surface area contributed by atoms with E-state index in [1.807, 2.05) is 6.92 Å². The largest absolute Gasteiger partial charge is 0.461 e. The van der Waals surface area contributed by atoms with Gasteiger partial charge < -0.3 is 4.74 Å². The summed E-state index contributed by atoms with van der Waals surface area (Å²) in [6.45, 7) is 9.07. The van der Waals surface area contributed by atoms with Crippen molar-refractivity contribution in [3.05, 3.63) is 10.6 Å². The first-order valence-corrected chi connectivity index (χ1v) is 10.7. The third-order valence-electron chi connectivity index (χ3n) is 3.07. The molecular weight excluding hydrogens is 266 g/mol. The summed E-state index contributed by atoms with van der Waals surface area (Å²) < 4.78 is 5.30. The molecule has 0 aromatic carbocycles. The molecule has 1 saturated heterocycles. The van der Waals surface area contributed by atoms with E-state index < -0.39 is 8.07 Å². The molecule has 6 heteroatoms. The lowest BCUT2D eigenvalue weighted by Crippen LogP contribution is -2.48. The van der Waals surface area contributed by atoms with Crippen LogP contribution in [0.2, 0.25) is 25.7 Å². The molecule has 0 N–H and O–H groups in total. The number of hydrogen-bond acceptors (Lipinski definition) is 4. The van der Waals surface area contributed by atoms with Crippen LogP contribution >= 0.6 is 11.8 Å². The minimum atomic E-state index is -1.19. The highest BCUT2D eigenvalue weighted by molar-refractivity contribution is 8.04. The minimum Gasteiger partial charge on any atom is -0.461 e. The number of β-lactam (4-membered cyclic amide) rings is 1. The molecule has 2 aliphatic rings. The van der Waals surface area contributed by atoms with Gasteiger partial charge in [-0.3, -0.25) is 9.69 Å². The fraction of sp³-hybridized carbons (Fsp3) is 0.667. The van der Waals surface area contributed by atoms with Gasteiger partial charge in [0, 0.05) is 13.0 Å². The van der Waals surface area contributed by atoms with Crippen LogP contribution in [0.3, 0.4) is 0 Å². The molecule has 1 atom stereocenters. The van der Waals surface area contributed by atoms with Crippen LogP contribution in [-0.4, -0.2) is 36.8 Å². The Labute approximate surface area is 113 Å². The average Bonchev–Trinajstić information content (AvgIpc) is 2.48. The number of rotatable bonds is 4. The predicted molar refractivity (Wildman–Crippen MR) is 74.7 cm³/mol. The van der Waals surface area contributed by atoms with Crippen molar-refractivity contribution in [2.45, 2.75) is 44.4 Å². The Morgan fingerprint density at radius 2 is 2.17 bits per heavy atom. The summed E-state index contributed by atoms with van der Waals surface area (Å²) in [4.78, 5) is 26.0. The Balaban J connectivity index is 1.93. The molecule has 0 radical (unpaired) electrons. The monoisotopic (exact) mass is 285 g/mol. The van der Waals surface area contributed by atoms with Crippen LogP contribution in [-0.2, 0) is 14.3 Å². The van der Waals surface area contributed by atoms with Gasteiger partial charge in [-0.05, 0) is 13.0 Å². The van der Waals surface area contributed by atoms with E-state index in [4.69, 9.17) is 4.74 Å². The molecule has 0 aromatic rings. The smallest absolute Gasteiger partial charge is 0.355 e. The number of fused-ring (bicyclic) bond motifs is 1. The van der Waals surface area contributed by atoms with Gasteiger partial charge >= 0.3 is 5.97 Å². The van der Waals surface area contributed by atoms with Gasteiger partial charge in [0.15, 0.2) is 0 Å². The zero-order valence-electron chi connectivity index (χ0n) is 11.3. The molecule has 4 nitrogen and oxygen atoms in total. The molecule has 0 unspecified atom stereocenters. The van der Waals surface area contributed by atoms with Crippen molar-refractivity contribution >= 4 is 31.7 Å². The fourth-order valence-electron chi connectivity index (χ4n) is 1.94. The maximum absolute atomic E-state index is 12.0. The van der Waals surface area contributed by atoms with Crippen molar-refractivity contribution < 1.29 is 14.3 Å². The summed E-state index contributed by atoms with van der Waals surface area (Å²) in [5, 5.41) is 0.136. The molecule has 0 saturated carbocycles. The zero-order valence-corrected chi connectivity index (χ0v) is 13.1. The summed E-state index contributed by atoms with van der Waals surface area (Å²) in [5.41, 5.74) is 0.469. The highest BCUT2D eigenvalue weighted by Crippen LogP contribution is 2.45. The van der Waals surface area contributed by atoms with Gasteiger partial charge in [-0.25, -0.2) is 4.79 Å². The fourth-order valence-corrected chi connectivity index (χ4v) is 3.91. The second kappa shape index (κ2) is 4.73. The molecule has 18 heavy (non-hydrogen) atoms. The van der Waals surface area contributed by atoms with Gasteiger partial charge in [-0.2, -0.15) is 0 Å². The van der Waals surface area contributed by atoms with Crippen molar-refractivity contribution in [3.63, 3.8) is 0 Å². The summed E-state index contributed by atoms with van der Waals surface area (Å²) in [5.74, 6) is -0.310. The van der Waals surface area contributed by atoms with Gasteiger partial charge in [0.25, 0.3) is 0 Å². The first-order chi connectivity index (χ1) is 8.29. The van der Waals surface area contributed by atoms with Crippen LogP contribution in [0.5, 0.6) is 0 Å². The number of ether oxygens (including phenoxy) is 1. The van der Waals surface area contributed by atoms with Gasteiger partial charge in [0.1, 0.15) is 5.70 Å². The highest BCUT2D eigenvalue weighted by atomic mass is 32.2. The lowest BCUT2D eigenvalue weighted by Gasteiger charge is -2.34. The number of thioether (sulfide) groups is 1. The highest BCUT2D eigenvalue weighted by Gasteiger charge is 2.47.